The number of carbonyl (C=O) groups excluding carboxylic acids is 1. The van der Waals surface area contributed by atoms with E-state index in [2.05, 4.69) is 21.6 Å². The highest BCUT2D eigenvalue weighted by atomic mass is 16.1. The van der Waals surface area contributed by atoms with Crippen LogP contribution in [-0.2, 0) is 31.2 Å². The van der Waals surface area contributed by atoms with Crippen molar-refractivity contribution >= 4 is 5.91 Å². The minimum atomic E-state index is 0.0651. The predicted molar refractivity (Wildman–Crippen MR) is 97.3 cm³/mol. The molecule has 2 aromatic heterocycles. The van der Waals surface area contributed by atoms with E-state index in [0.717, 1.165) is 41.8 Å². The third-order valence-corrected chi connectivity index (χ3v) is 5.28. The number of carbonyl (C=O) groups is 1. The minimum Gasteiger partial charge on any atom is -0.349 e. The van der Waals surface area contributed by atoms with Crippen molar-refractivity contribution < 1.29 is 4.79 Å². The highest BCUT2D eigenvalue weighted by molar-refractivity contribution is 5.76. The summed E-state index contributed by atoms with van der Waals surface area (Å²) in [4.78, 5) is 12.5. The number of aryl methyl sites for hydroxylation is 3. The van der Waals surface area contributed by atoms with Crippen LogP contribution in [0.5, 0.6) is 0 Å². The van der Waals surface area contributed by atoms with E-state index < -0.39 is 0 Å². The van der Waals surface area contributed by atoms with Crippen LogP contribution < -0.4 is 5.32 Å². The van der Waals surface area contributed by atoms with Gasteiger partial charge in [0.2, 0.25) is 5.91 Å². The lowest BCUT2D eigenvalue weighted by Crippen LogP contribution is -2.31. The highest BCUT2D eigenvalue weighted by Gasteiger charge is 2.24. The first-order valence-electron chi connectivity index (χ1n) is 9.21. The average molecular weight is 354 g/mol. The maximum Gasteiger partial charge on any atom is 0.220 e. The number of aromatic nitrogens is 4. The monoisotopic (exact) mass is 354 g/mol. The van der Waals surface area contributed by atoms with Gasteiger partial charge in [-0.3, -0.25) is 14.2 Å². The molecule has 0 bridgehead atoms. The molecule has 7 nitrogen and oxygen atoms in total. The van der Waals surface area contributed by atoms with Crippen molar-refractivity contribution in [3.63, 3.8) is 0 Å². The lowest BCUT2D eigenvalue weighted by molar-refractivity contribution is -0.121. The zero-order valence-corrected chi connectivity index (χ0v) is 15.7. The molecule has 3 rings (SSSR count). The van der Waals surface area contributed by atoms with Crippen molar-refractivity contribution in [3.05, 3.63) is 34.4 Å². The smallest absolute Gasteiger partial charge is 0.220 e. The summed E-state index contributed by atoms with van der Waals surface area (Å²) < 4.78 is 3.78. The molecule has 26 heavy (non-hydrogen) atoms. The van der Waals surface area contributed by atoms with Crippen LogP contribution in [0.4, 0.5) is 0 Å². The number of amides is 1. The van der Waals surface area contributed by atoms with Crippen LogP contribution >= 0.6 is 0 Å². The summed E-state index contributed by atoms with van der Waals surface area (Å²) in [5.74, 6) is 0.0651. The third-order valence-electron chi connectivity index (χ3n) is 5.28. The Bertz CT molecular complexity index is 841. The molecule has 0 radical (unpaired) electrons. The predicted octanol–water partition coefficient (Wildman–Crippen LogP) is 2.27. The summed E-state index contributed by atoms with van der Waals surface area (Å²) in [5.41, 5.74) is 5.50. The molecule has 0 spiro atoms. The molecule has 0 saturated heterocycles. The lowest BCUT2D eigenvalue weighted by Gasteiger charge is -2.23. The van der Waals surface area contributed by atoms with Gasteiger partial charge >= 0.3 is 0 Å². The molecule has 2 heterocycles. The number of nitrogens with one attached hydrogen (secondary N) is 1. The largest absolute Gasteiger partial charge is 0.349 e. The Morgan fingerprint density at radius 1 is 1.46 bits per heavy atom. The van der Waals surface area contributed by atoms with E-state index in [9.17, 15) is 4.79 Å². The second-order valence-electron chi connectivity index (χ2n) is 6.96. The quantitative estimate of drug-likeness (QED) is 0.862. The standard InChI is InChI=1S/C19H26N6O/c1-13-15(14(2)25(23-13)11-5-10-20)8-9-19(26)22-17-6-4-7-18-16(17)12-21-24(18)3/h12,17H,4-9,11H2,1-3H3,(H,22,26). The van der Waals surface area contributed by atoms with Gasteiger partial charge in [0.1, 0.15) is 0 Å². The molecule has 0 aliphatic heterocycles. The summed E-state index contributed by atoms with van der Waals surface area (Å²) >= 11 is 0. The summed E-state index contributed by atoms with van der Waals surface area (Å²) in [6, 6.07) is 2.22. The second-order valence-corrected chi connectivity index (χ2v) is 6.96. The molecule has 0 saturated carbocycles. The van der Waals surface area contributed by atoms with Gasteiger partial charge in [-0.05, 0) is 45.1 Å². The van der Waals surface area contributed by atoms with Crippen molar-refractivity contribution in [1.82, 2.24) is 24.9 Å². The molecule has 1 atom stereocenters. The minimum absolute atomic E-state index is 0.0651. The third kappa shape index (κ3) is 3.64. The molecule has 1 amide bonds. The topological polar surface area (TPSA) is 88.5 Å². The van der Waals surface area contributed by atoms with E-state index in [4.69, 9.17) is 5.26 Å². The summed E-state index contributed by atoms with van der Waals surface area (Å²) in [6.07, 6.45) is 6.50. The van der Waals surface area contributed by atoms with Gasteiger partial charge < -0.3 is 5.32 Å². The van der Waals surface area contributed by atoms with Crippen LogP contribution in [0, 0.1) is 25.2 Å². The van der Waals surface area contributed by atoms with Crippen LogP contribution in [-0.4, -0.2) is 25.5 Å². The first-order valence-corrected chi connectivity index (χ1v) is 9.21. The Balaban J connectivity index is 1.60. The number of fused-ring (bicyclic) bond motifs is 1. The number of nitriles is 1. The molecule has 7 heteroatoms. The van der Waals surface area contributed by atoms with Crippen LogP contribution in [0.25, 0.3) is 0 Å². The summed E-state index contributed by atoms with van der Waals surface area (Å²) in [5, 5.41) is 20.8. The van der Waals surface area contributed by atoms with Gasteiger partial charge in [0, 0.05) is 30.4 Å². The first-order chi connectivity index (χ1) is 12.5. The zero-order valence-electron chi connectivity index (χ0n) is 15.7. The Labute approximate surface area is 154 Å². The molecule has 1 N–H and O–H groups in total. The molecule has 1 aliphatic carbocycles. The molecular weight excluding hydrogens is 328 g/mol. The van der Waals surface area contributed by atoms with Crippen molar-refractivity contribution in [2.45, 2.75) is 65.0 Å². The molecule has 0 fully saturated rings. The van der Waals surface area contributed by atoms with E-state index in [-0.39, 0.29) is 11.9 Å². The zero-order chi connectivity index (χ0) is 18.7. The fourth-order valence-corrected chi connectivity index (χ4v) is 3.83. The second kappa shape index (κ2) is 7.73. The number of nitrogens with zero attached hydrogens (tertiary/aromatic N) is 5. The Morgan fingerprint density at radius 2 is 2.27 bits per heavy atom. The van der Waals surface area contributed by atoms with Gasteiger partial charge in [-0.1, -0.05) is 0 Å². The van der Waals surface area contributed by atoms with Gasteiger partial charge in [0.25, 0.3) is 0 Å². The maximum atomic E-state index is 12.5. The molecule has 2 aromatic rings. The summed E-state index contributed by atoms with van der Waals surface area (Å²) in [6.45, 7) is 4.57. The number of rotatable bonds is 6. The van der Waals surface area contributed by atoms with Gasteiger partial charge in [-0.2, -0.15) is 15.5 Å². The van der Waals surface area contributed by atoms with Crippen LogP contribution in [0.1, 0.15) is 59.9 Å². The van der Waals surface area contributed by atoms with Crippen LogP contribution in [0.15, 0.2) is 6.20 Å². The molecule has 138 valence electrons. The normalized spacial score (nSPS) is 16.2. The fraction of sp³-hybridized carbons (Fsp3) is 0.579. The van der Waals surface area contributed by atoms with Crippen LogP contribution in [0.3, 0.4) is 0 Å². The molecule has 0 aromatic carbocycles. The highest BCUT2D eigenvalue weighted by Crippen LogP contribution is 2.29. The Hall–Kier alpha value is -2.62. The van der Waals surface area contributed by atoms with E-state index >= 15 is 0 Å². The van der Waals surface area contributed by atoms with E-state index in [1.165, 1.54) is 5.69 Å². The Kier molecular flexibility index (Phi) is 5.40. The van der Waals surface area contributed by atoms with E-state index in [0.29, 0.717) is 25.8 Å². The lowest BCUT2D eigenvalue weighted by atomic mass is 9.93. The number of hydrogen-bond donors (Lipinski definition) is 1. The molecule has 1 unspecified atom stereocenters. The van der Waals surface area contributed by atoms with Crippen LogP contribution in [0.2, 0.25) is 0 Å². The van der Waals surface area contributed by atoms with Crippen molar-refractivity contribution in [1.29, 1.82) is 5.26 Å². The molecular formula is C19H26N6O. The SMILES string of the molecule is Cc1nn(CCC#N)c(C)c1CCC(=O)NC1CCCc2c1cnn2C. The van der Waals surface area contributed by atoms with Crippen molar-refractivity contribution in [3.8, 4) is 6.07 Å². The maximum absolute atomic E-state index is 12.5. The van der Waals surface area contributed by atoms with Crippen molar-refractivity contribution in [2.24, 2.45) is 7.05 Å². The van der Waals surface area contributed by atoms with Gasteiger partial charge in [-0.25, -0.2) is 0 Å². The van der Waals surface area contributed by atoms with E-state index in [1.807, 2.05) is 36.5 Å². The van der Waals surface area contributed by atoms with Gasteiger partial charge in [-0.15, -0.1) is 0 Å². The Morgan fingerprint density at radius 3 is 3.04 bits per heavy atom. The first kappa shape index (κ1) is 18.2. The van der Waals surface area contributed by atoms with E-state index in [1.54, 1.807) is 0 Å². The molecule has 1 aliphatic rings. The van der Waals surface area contributed by atoms with Gasteiger partial charge in [0.15, 0.2) is 0 Å². The average Bonchev–Trinajstić information content (AvgIpc) is 3.12. The number of hydrogen-bond acceptors (Lipinski definition) is 4. The summed E-state index contributed by atoms with van der Waals surface area (Å²) in [7, 11) is 1.96. The van der Waals surface area contributed by atoms with Gasteiger partial charge in [0.05, 0.1) is 37.0 Å². The fourth-order valence-electron chi connectivity index (χ4n) is 3.83. The van der Waals surface area contributed by atoms with Crippen molar-refractivity contribution in [2.75, 3.05) is 0 Å².